The Kier molecular flexibility index (Phi) is 6.82. The second-order valence-electron chi connectivity index (χ2n) is 6.39. The monoisotopic (exact) mass is 311 g/mol. The van der Waals surface area contributed by atoms with Gasteiger partial charge < -0.3 is 10.4 Å². The van der Waals surface area contributed by atoms with Gasteiger partial charge in [0.15, 0.2) is 0 Å². The molecule has 124 valence electrons. The predicted octanol–water partition coefficient (Wildman–Crippen LogP) is 4.73. The van der Waals surface area contributed by atoms with Crippen LogP contribution in [0, 0.1) is 0 Å². The molecule has 0 aliphatic rings. The standard InChI is InChI=1S/C21H29NO/c1-3-4-10-16-22-17-15-21(2,23)20-14-9-8-13-19(20)18-11-6-5-7-12-18/h5-9,11-14,22-23H,3-4,10,15-17H2,1-2H3. The van der Waals surface area contributed by atoms with E-state index in [2.05, 4.69) is 30.4 Å². The molecule has 0 saturated heterocycles. The first-order valence-corrected chi connectivity index (χ1v) is 8.73. The molecule has 0 aliphatic heterocycles. The maximum absolute atomic E-state index is 11.0. The zero-order chi connectivity index (χ0) is 16.5. The maximum Gasteiger partial charge on any atom is 0.0886 e. The normalized spacial score (nSPS) is 13.7. The summed E-state index contributed by atoms with van der Waals surface area (Å²) in [6, 6.07) is 18.5. The van der Waals surface area contributed by atoms with E-state index in [1.165, 1.54) is 19.3 Å². The van der Waals surface area contributed by atoms with Crippen molar-refractivity contribution in [3.63, 3.8) is 0 Å². The molecule has 2 aromatic carbocycles. The van der Waals surface area contributed by atoms with Crippen molar-refractivity contribution in [2.75, 3.05) is 13.1 Å². The quantitative estimate of drug-likeness (QED) is 0.656. The van der Waals surface area contributed by atoms with Gasteiger partial charge in [-0.05, 0) is 49.5 Å². The van der Waals surface area contributed by atoms with E-state index in [0.29, 0.717) is 6.42 Å². The van der Waals surface area contributed by atoms with E-state index in [0.717, 1.165) is 29.8 Å². The van der Waals surface area contributed by atoms with Crippen LogP contribution in [0.15, 0.2) is 54.6 Å². The van der Waals surface area contributed by atoms with Crippen LogP contribution in [-0.4, -0.2) is 18.2 Å². The van der Waals surface area contributed by atoms with Crippen molar-refractivity contribution in [3.8, 4) is 11.1 Å². The Morgan fingerprint density at radius 3 is 2.35 bits per heavy atom. The van der Waals surface area contributed by atoms with Gasteiger partial charge in [-0.3, -0.25) is 0 Å². The largest absolute Gasteiger partial charge is 0.385 e. The fraction of sp³-hybridized carbons (Fsp3) is 0.429. The molecule has 1 unspecified atom stereocenters. The summed E-state index contributed by atoms with van der Waals surface area (Å²) in [5.41, 5.74) is 2.44. The lowest BCUT2D eigenvalue weighted by atomic mass is 9.86. The summed E-state index contributed by atoms with van der Waals surface area (Å²) < 4.78 is 0. The van der Waals surface area contributed by atoms with Crippen molar-refractivity contribution >= 4 is 0 Å². The van der Waals surface area contributed by atoms with Crippen LogP contribution in [0.5, 0.6) is 0 Å². The van der Waals surface area contributed by atoms with E-state index in [-0.39, 0.29) is 0 Å². The molecule has 0 radical (unpaired) electrons. The molecular weight excluding hydrogens is 282 g/mol. The summed E-state index contributed by atoms with van der Waals surface area (Å²) in [5, 5.41) is 14.4. The third-order valence-corrected chi connectivity index (χ3v) is 4.34. The summed E-state index contributed by atoms with van der Waals surface area (Å²) in [7, 11) is 0. The molecule has 0 aliphatic carbocycles. The lowest BCUT2D eigenvalue weighted by molar-refractivity contribution is 0.0486. The van der Waals surface area contributed by atoms with Crippen LogP contribution in [0.4, 0.5) is 0 Å². The van der Waals surface area contributed by atoms with Gasteiger partial charge >= 0.3 is 0 Å². The Hall–Kier alpha value is -1.64. The molecule has 1 atom stereocenters. The first-order chi connectivity index (χ1) is 11.1. The molecule has 0 aromatic heterocycles. The molecule has 2 nitrogen and oxygen atoms in total. The second kappa shape index (κ2) is 8.85. The first kappa shape index (κ1) is 17.7. The highest BCUT2D eigenvalue weighted by molar-refractivity contribution is 5.68. The highest BCUT2D eigenvalue weighted by atomic mass is 16.3. The number of hydrogen-bond donors (Lipinski definition) is 2. The minimum absolute atomic E-state index is 0.711. The molecule has 0 spiro atoms. The van der Waals surface area contributed by atoms with E-state index in [9.17, 15) is 5.11 Å². The summed E-state index contributed by atoms with van der Waals surface area (Å²) >= 11 is 0. The molecule has 0 bridgehead atoms. The van der Waals surface area contributed by atoms with Gasteiger partial charge in [-0.1, -0.05) is 74.4 Å². The van der Waals surface area contributed by atoms with Crippen LogP contribution in [0.3, 0.4) is 0 Å². The topological polar surface area (TPSA) is 32.3 Å². The van der Waals surface area contributed by atoms with Gasteiger partial charge in [0, 0.05) is 0 Å². The van der Waals surface area contributed by atoms with Crippen LogP contribution in [0.2, 0.25) is 0 Å². The van der Waals surface area contributed by atoms with Gasteiger partial charge in [-0.15, -0.1) is 0 Å². The molecule has 0 heterocycles. The molecule has 0 amide bonds. The highest BCUT2D eigenvalue weighted by Gasteiger charge is 2.25. The Balaban J connectivity index is 2.05. The van der Waals surface area contributed by atoms with Gasteiger partial charge in [0.05, 0.1) is 5.60 Å². The number of aliphatic hydroxyl groups is 1. The summed E-state index contributed by atoms with van der Waals surface area (Å²) in [4.78, 5) is 0. The number of unbranched alkanes of at least 4 members (excludes halogenated alkanes) is 2. The fourth-order valence-corrected chi connectivity index (χ4v) is 2.91. The van der Waals surface area contributed by atoms with E-state index >= 15 is 0 Å². The molecule has 0 saturated carbocycles. The predicted molar refractivity (Wildman–Crippen MR) is 98.5 cm³/mol. The van der Waals surface area contributed by atoms with Crippen LogP contribution in [0.25, 0.3) is 11.1 Å². The van der Waals surface area contributed by atoms with Gasteiger partial charge in [0.1, 0.15) is 0 Å². The molecule has 2 N–H and O–H groups in total. The van der Waals surface area contributed by atoms with Crippen molar-refractivity contribution in [2.24, 2.45) is 0 Å². The summed E-state index contributed by atoms with van der Waals surface area (Å²) in [6.45, 7) is 6.00. The first-order valence-electron chi connectivity index (χ1n) is 8.73. The zero-order valence-electron chi connectivity index (χ0n) is 14.4. The van der Waals surface area contributed by atoms with Gasteiger partial charge in [0.25, 0.3) is 0 Å². The Labute approximate surface area is 140 Å². The molecule has 0 fully saturated rings. The van der Waals surface area contributed by atoms with Crippen molar-refractivity contribution in [1.82, 2.24) is 5.32 Å². The number of benzene rings is 2. The fourth-order valence-electron chi connectivity index (χ4n) is 2.91. The molecular formula is C21H29NO. The van der Waals surface area contributed by atoms with Crippen molar-refractivity contribution in [1.29, 1.82) is 0 Å². The van der Waals surface area contributed by atoms with Gasteiger partial charge in [-0.2, -0.15) is 0 Å². The molecule has 23 heavy (non-hydrogen) atoms. The minimum atomic E-state index is -0.829. The second-order valence-corrected chi connectivity index (χ2v) is 6.39. The lowest BCUT2D eigenvalue weighted by Gasteiger charge is -2.27. The number of hydrogen-bond acceptors (Lipinski definition) is 2. The average Bonchev–Trinajstić information content (AvgIpc) is 2.59. The van der Waals surface area contributed by atoms with E-state index < -0.39 is 5.60 Å². The van der Waals surface area contributed by atoms with Crippen LogP contribution in [0.1, 0.15) is 45.1 Å². The SMILES string of the molecule is CCCCCNCCC(C)(O)c1ccccc1-c1ccccc1. The number of rotatable bonds is 9. The average molecular weight is 311 g/mol. The van der Waals surface area contributed by atoms with Crippen LogP contribution in [-0.2, 0) is 5.60 Å². The summed E-state index contributed by atoms with van der Waals surface area (Å²) in [5.74, 6) is 0. The van der Waals surface area contributed by atoms with E-state index in [1.807, 2.05) is 43.3 Å². The van der Waals surface area contributed by atoms with Gasteiger partial charge in [-0.25, -0.2) is 0 Å². The molecule has 2 aromatic rings. The number of nitrogens with one attached hydrogen (secondary N) is 1. The third-order valence-electron chi connectivity index (χ3n) is 4.34. The minimum Gasteiger partial charge on any atom is -0.385 e. The maximum atomic E-state index is 11.0. The molecule has 2 rings (SSSR count). The Morgan fingerprint density at radius 2 is 1.61 bits per heavy atom. The Morgan fingerprint density at radius 1 is 0.913 bits per heavy atom. The van der Waals surface area contributed by atoms with Crippen molar-refractivity contribution < 1.29 is 5.11 Å². The van der Waals surface area contributed by atoms with E-state index in [1.54, 1.807) is 0 Å². The Bertz CT molecular complexity index is 577. The molecule has 2 heteroatoms. The smallest absolute Gasteiger partial charge is 0.0886 e. The van der Waals surface area contributed by atoms with Crippen LogP contribution >= 0.6 is 0 Å². The third kappa shape index (κ3) is 5.19. The zero-order valence-corrected chi connectivity index (χ0v) is 14.4. The van der Waals surface area contributed by atoms with Gasteiger partial charge in [0.2, 0.25) is 0 Å². The van der Waals surface area contributed by atoms with E-state index in [4.69, 9.17) is 0 Å². The van der Waals surface area contributed by atoms with Crippen LogP contribution < -0.4 is 5.32 Å². The van der Waals surface area contributed by atoms with Crippen molar-refractivity contribution in [2.45, 2.75) is 45.1 Å². The summed E-state index contributed by atoms with van der Waals surface area (Å²) in [6.07, 6.45) is 4.42. The lowest BCUT2D eigenvalue weighted by Crippen LogP contribution is -2.29. The highest BCUT2D eigenvalue weighted by Crippen LogP contribution is 2.33. The van der Waals surface area contributed by atoms with Crippen molar-refractivity contribution in [3.05, 3.63) is 60.2 Å².